The molecule has 1 aromatic heterocycles. The molecule has 4 N–H and O–H groups in total. The van der Waals surface area contributed by atoms with Crippen LogP contribution in [0.5, 0.6) is 0 Å². The molecule has 0 bridgehead atoms. The Kier molecular flexibility index (Phi) is 4.29. The van der Waals surface area contributed by atoms with E-state index in [-0.39, 0.29) is 6.04 Å². The second-order valence-corrected chi connectivity index (χ2v) is 5.88. The molecule has 1 atom stereocenters. The summed E-state index contributed by atoms with van der Waals surface area (Å²) in [5, 5.41) is 2.06. The van der Waals surface area contributed by atoms with Gasteiger partial charge in [0.15, 0.2) is 0 Å². The predicted octanol–water partition coefficient (Wildman–Crippen LogP) is 2.50. The highest BCUT2D eigenvalue weighted by molar-refractivity contribution is 7.09. The van der Waals surface area contributed by atoms with Crippen LogP contribution in [0.15, 0.2) is 35.7 Å². The fraction of sp³-hybridized carbons (Fsp3) is 0.267. The number of carbonyl (C=O) groups excluding carboxylic acids is 1. The van der Waals surface area contributed by atoms with Crippen molar-refractivity contribution in [2.75, 3.05) is 17.7 Å². The average Bonchev–Trinajstić information content (AvgIpc) is 2.90. The van der Waals surface area contributed by atoms with Crippen molar-refractivity contribution < 1.29 is 4.79 Å². The van der Waals surface area contributed by atoms with Gasteiger partial charge < -0.3 is 16.4 Å². The zero-order valence-electron chi connectivity index (χ0n) is 11.7. The van der Waals surface area contributed by atoms with Gasteiger partial charge in [0.2, 0.25) is 0 Å². The molecule has 20 heavy (non-hydrogen) atoms. The number of nitrogens with two attached hydrogens (primary N) is 2. The molecule has 5 heteroatoms. The van der Waals surface area contributed by atoms with Crippen molar-refractivity contribution in [3.63, 3.8) is 0 Å². The van der Waals surface area contributed by atoms with Crippen molar-refractivity contribution in [2.24, 2.45) is 5.73 Å². The fourth-order valence-electron chi connectivity index (χ4n) is 2.23. The van der Waals surface area contributed by atoms with Crippen molar-refractivity contribution in [1.82, 2.24) is 0 Å². The molecule has 2 rings (SSSR count). The van der Waals surface area contributed by atoms with Crippen molar-refractivity contribution in [3.05, 3.63) is 46.2 Å². The summed E-state index contributed by atoms with van der Waals surface area (Å²) in [6.07, 6.45) is 0.903. The zero-order valence-corrected chi connectivity index (χ0v) is 12.5. The molecule has 1 unspecified atom stereocenters. The summed E-state index contributed by atoms with van der Waals surface area (Å²) in [6.45, 7) is 2.11. The number of nitrogens with zero attached hydrogens (tertiary/aromatic N) is 1. The Bertz CT molecular complexity index is 595. The average molecular weight is 289 g/mol. The number of amides is 1. The molecule has 0 spiro atoms. The van der Waals surface area contributed by atoms with Gasteiger partial charge in [-0.15, -0.1) is 11.3 Å². The van der Waals surface area contributed by atoms with Gasteiger partial charge in [0.25, 0.3) is 5.91 Å². The second kappa shape index (κ2) is 5.96. The van der Waals surface area contributed by atoms with Crippen LogP contribution in [0, 0.1) is 0 Å². The number of benzene rings is 1. The molecule has 0 fully saturated rings. The number of likely N-dealkylation sites (N-methyl/N-ethyl adjacent to an activating group) is 1. The highest BCUT2D eigenvalue weighted by atomic mass is 32.1. The molecule has 0 aliphatic carbocycles. The van der Waals surface area contributed by atoms with Crippen LogP contribution in [0.25, 0.3) is 0 Å². The van der Waals surface area contributed by atoms with Crippen molar-refractivity contribution in [1.29, 1.82) is 0 Å². The quantitative estimate of drug-likeness (QED) is 0.831. The minimum Gasteiger partial charge on any atom is -0.397 e. The van der Waals surface area contributed by atoms with E-state index in [9.17, 15) is 4.79 Å². The van der Waals surface area contributed by atoms with Crippen molar-refractivity contribution >= 4 is 28.6 Å². The van der Waals surface area contributed by atoms with Crippen LogP contribution in [-0.4, -0.2) is 19.0 Å². The number of thiophene rings is 1. The zero-order chi connectivity index (χ0) is 14.7. The number of hydrogen-bond acceptors (Lipinski definition) is 4. The first-order valence-electron chi connectivity index (χ1n) is 6.44. The molecule has 0 saturated carbocycles. The first kappa shape index (κ1) is 14.4. The number of carbonyl (C=O) groups is 1. The lowest BCUT2D eigenvalue weighted by Gasteiger charge is -2.29. The number of para-hydroxylation sites is 1. The van der Waals surface area contributed by atoms with Gasteiger partial charge in [0, 0.05) is 24.4 Å². The number of rotatable bonds is 5. The van der Waals surface area contributed by atoms with E-state index in [4.69, 9.17) is 11.5 Å². The molecule has 2 aromatic rings. The van der Waals surface area contributed by atoms with Gasteiger partial charge in [-0.3, -0.25) is 4.79 Å². The summed E-state index contributed by atoms with van der Waals surface area (Å²) < 4.78 is 0. The third-order valence-corrected chi connectivity index (χ3v) is 4.32. The molecule has 1 heterocycles. The normalized spacial score (nSPS) is 12.1. The van der Waals surface area contributed by atoms with E-state index in [1.165, 1.54) is 4.88 Å². The minimum atomic E-state index is -0.456. The van der Waals surface area contributed by atoms with Crippen LogP contribution in [0.4, 0.5) is 11.4 Å². The Labute approximate surface area is 123 Å². The van der Waals surface area contributed by atoms with E-state index in [2.05, 4.69) is 18.4 Å². The lowest BCUT2D eigenvalue weighted by molar-refractivity contribution is 0.100. The summed E-state index contributed by atoms with van der Waals surface area (Å²) in [5.41, 5.74) is 13.2. The molecule has 0 aliphatic heterocycles. The summed E-state index contributed by atoms with van der Waals surface area (Å²) in [6, 6.07) is 9.61. The third-order valence-electron chi connectivity index (χ3n) is 3.42. The van der Waals surface area contributed by atoms with Gasteiger partial charge in [0.1, 0.15) is 0 Å². The Morgan fingerprint density at radius 3 is 2.70 bits per heavy atom. The van der Waals surface area contributed by atoms with Crippen LogP contribution >= 0.6 is 11.3 Å². The SMILES string of the molecule is CC(Cc1cccs1)N(C)c1c(N)cccc1C(N)=O. The van der Waals surface area contributed by atoms with Crippen LogP contribution in [0.3, 0.4) is 0 Å². The molecule has 106 valence electrons. The maximum Gasteiger partial charge on any atom is 0.250 e. The van der Waals surface area contributed by atoms with E-state index in [0.717, 1.165) is 6.42 Å². The van der Waals surface area contributed by atoms with Crippen molar-refractivity contribution in [3.8, 4) is 0 Å². The van der Waals surface area contributed by atoms with Crippen molar-refractivity contribution in [2.45, 2.75) is 19.4 Å². The van der Waals surface area contributed by atoms with Gasteiger partial charge >= 0.3 is 0 Å². The summed E-state index contributed by atoms with van der Waals surface area (Å²) >= 11 is 1.73. The van der Waals surface area contributed by atoms with E-state index < -0.39 is 5.91 Å². The first-order chi connectivity index (χ1) is 9.50. The van der Waals surface area contributed by atoms with Gasteiger partial charge in [-0.2, -0.15) is 0 Å². The highest BCUT2D eigenvalue weighted by Gasteiger charge is 2.19. The van der Waals surface area contributed by atoms with Crippen LogP contribution in [0.1, 0.15) is 22.2 Å². The molecule has 1 amide bonds. The Morgan fingerprint density at radius 2 is 2.10 bits per heavy atom. The first-order valence-corrected chi connectivity index (χ1v) is 7.32. The number of nitrogen functional groups attached to an aromatic ring is 1. The van der Waals surface area contributed by atoms with E-state index >= 15 is 0 Å². The number of anilines is 2. The molecule has 4 nitrogen and oxygen atoms in total. The maximum absolute atomic E-state index is 11.6. The largest absolute Gasteiger partial charge is 0.397 e. The van der Waals surface area contributed by atoms with Crippen LogP contribution < -0.4 is 16.4 Å². The standard InChI is InChI=1S/C15H19N3OS/c1-10(9-11-5-4-8-20-11)18(2)14-12(15(17)19)6-3-7-13(14)16/h3-8,10H,9,16H2,1-2H3,(H2,17,19). The minimum absolute atomic E-state index is 0.219. The summed E-state index contributed by atoms with van der Waals surface area (Å²) in [7, 11) is 1.94. The molecule has 0 radical (unpaired) electrons. The topological polar surface area (TPSA) is 72.3 Å². The van der Waals surface area contributed by atoms with Gasteiger partial charge in [-0.1, -0.05) is 12.1 Å². The molecule has 0 saturated heterocycles. The highest BCUT2D eigenvalue weighted by Crippen LogP contribution is 2.29. The Hall–Kier alpha value is -2.01. The lowest BCUT2D eigenvalue weighted by Crippen LogP contribution is -2.33. The van der Waals surface area contributed by atoms with Gasteiger partial charge in [-0.25, -0.2) is 0 Å². The smallest absolute Gasteiger partial charge is 0.250 e. The Balaban J connectivity index is 2.28. The monoisotopic (exact) mass is 289 g/mol. The molecule has 1 aromatic carbocycles. The summed E-state index contributed by atoms with van der Waals surface area (Å²) in [5.74, 6) is -0.456. The van der Waals surface area contributed by atoms with E-state index in [1.807, 2.05) is 18.0 Å². The summed E-state index contributed by atoms with van der Waals surface area (Å²) in [4.78, 5) is 14.9. The molecular weight excluding hydrogens is 270 g/mol. The molecule has 0 aliphatic rings. The molecular formula is C15H19N3OS. The van der Waals surface area contributed by atoms with E-state index in [0.29, 0.717) is 16.9 Å². The van der Waals surface area contributed by atoms with Crippen LogP contribution in [0.2, 0.25) is 0 Å². The predicted molar refractivity (Wildman–Crippen MR) is 85.3 cm³/mol. The fourth-order valence-corrected chi connectivity index (χ4v) is 3.06. The number of hydrogen-bond donors (Lipinski definition) is 2. The van der Waals surface area contributed by atoms with Crippen LogP contribution in [-0.2, 0) is 6.42 Å². The third kappa shape index (κ3) is 2.93. The lowest BCUT2D eigenvalue weighted by atomic mass is 10.1. The maximum atomic E-state index is 11.6. The van der Waals surface area contributed by atoms with Gasteiger partial charge in [0.05, 0.1) is 16.9 Å². The second-order valence-electron chi connectivity index (χ2n) is 4.85. The number of primary amides is 1. The van der Waals surface area contributed by atoms with E-state index in [1.54, 1.807) is 29.5 Å². The van der Waals surface area contributed by atoms with Gasteiger partial charge in [-0.05, 0) is 30.5 Å². The Morgan fingerprint density at radius 1 is 1.35 bits per heavy atom.